The van der Waals surface area contributed by atoms with E-state index in [0.717, 1.165) is 0 Å². The van der Waals surface area contributed by atoms with Crippen LogP contribution in [0.2, 0.25) is 20.1 Å². The molecule has 2 N–H and O–H groups in total. The van der Waals surface area contributed by atoms with Crippen LogP contribution >= 0.6 is 46.4 Å². The molecule has 0 aliphatic rings. The van der Waals surface area contributed by atoms with Crippen LogP contribution in [0.3, 0.4) is 0 Å². The standard InChI is InChI=1S/C20H9Cl4N3O/c21-10-2-1-3-11(22)15(10)19-26-17-8-4-5-12(23)16(24)13(8)14-9(18(17)27-19)6-7-25-20(14)28/h1-7H,(H,25,28)(H,26,27). The Labute approximate surface area is 178 Å². The molecule has 0 spiro atoms. The number of aromatic amines is 2. The Morgan fingerprint density at radius 2 is 1.57 bits per heavy atom. The molecule has 0 amide bonds. The lowest BCUT2D eigenvalue weighted by Gasteiger charge is -2.08. The molecule has 28 heavy (non-hydrogen) atoms. The van der Waals surface area contributed by atoms with Crippen molar-refractivity contribution in [2.45, 2.75) is 0 Å². The molecule has 0 saturated carbocycles. The quantitative estimate of drug-likeness (QED) is 0.276. The number of nitrogens with zero attached hydrogens (tertiary/aromatic N) is 1. The van der Waals surface area contributed by atoms with Gasteiger partial charge in [0.15, 0.2) is 0 Å². The van der Waals surface area contributed by atoms with Crippen molar-refractivity contribution in [3.63, 3.8) is 0 Å². The van der Waals surface area contributed by atoms with Crippen LogP contribution in [0.25, 0.3) is 44.0 Å². The van der Waals surface area contributed by atoms with Crippen LogP contribution in [0.5, 0.6) is 0 Å². The average molecular weight is 449 g/mol. The van der Waals surface area contributed by atoms with Crippen molar-refractivity contribution in [2.75, 3.05) is 0 Å². The molecule has 0 radical (unpaired) electrons. The predicted octanol–water partition coefficient (Wildman–Crippen LogP) is 6.84. The molecule has 0 aliphatic heterocycles. The second kappa shape index (κ2) is 6.39. The number of H-pyrrole nitrogens is 2. The van der Waals surface area contributed by atoms with Crippen LogP contribution in [-0.4, -0.2) is 15.0 Å². The first kappa shape index (κ1) is 17.8. The van der Waals surface area contributed by atoms with E-state index in [4.69, 9.17) is 51.4 Å². The van der Waals surface area contributed by atoms with Crippen molar-refractivity contribution in [3.05, 3.63) is 73.0 Å². The van der Waals surface area contributed by atoms with Crippen LogP contribution in [0.4, 0.5) is 0 Å². The van der Waals surface area contributed by atoms with Crippen molar-refractivity contribution >= 4 is 79.0 Å². The third-order valence-corrected chi connectivity index (χ3v) is 6.17. The second-order valence-electron chi connectivity index (χ2n) is 6.29. The van der Waals surface area contributed by atoms with E-state index in [1.54, 1.807) is 42.6 Å². The van der Waals surface area contributed by atoms with E-state index in [1.165, 1.54) is 0 Å². The lowest BCUT2D eigenvalue weighted by Crippen LogP contribution is -2.05. The number of rotatable bonds is 1. The van der Waals surface area contributed by atoms with Crippen LogP contribution in [0, 0.1) is 0 Å². The fourth-order valence-corrected chi connectivity index (χ4v) is 4.53. The van der Waals surface area contributed by atoms with E-state index < -0.39 is 0 Å². The maximum absolute atomic E-state index is 12.7. The van der Waals surface area contributed by atoms with Crippen molar-refractivity contribution in [1.29, 1.82) is 0 Å². The zero-order chi connectivity index (χ0) is 19.6. The first-order chi connectivity index (χ1) is 13.5. The minimum atomic E-state index is -0.263. The molecule has 0 fully saturated rings. The fraction of sp³-hybridized carbons (Fsp3) is 0. The van der Waals surface area contributed by atoms with E-state index in [0.29, 0.717) is 64.1 Å². The number of imidazole rings is 1. The SMILES string of the molecule is O=c1[nH]ccc2c3[nH]c(-c4c(Cl)cccc4Cl)nc3c3ccc(Cl)c(Cl)c3c12. The van der Waals surface area contributed by atoms with Gasteiger partial charge in [0, 0.05) is 22.4 Å². The van der Waals surface area contributed by atoms with E-state index in [2.05, 4.69) is 9.97 Å². The monoisotopic (exact) mass is 447 g/mol. The zero-order valence-corrected chi connectivity index (χ0v) is 16.9. The average Bonchev–Trinajstić information content (AvgIpc) is 3.09. The van der Waals surface area contributed by atoms with Crippen LogP contribution in [0.1, 0.15) is 0 Å². The summed E-state index contributed by atoms with van der Waals surface area (Å²) >= 11 is 25.4. The Hall–Kier alpha value is -2.24. The molecule has 0 unspecified atom stereocenters. The molecule has 0 atom stereocenters. The lowest BCUT2D eigenvalue weighted by molar-refractivity contribution is 1.28. The predicted molar refractivity (Wildman–Crippen MR) is 117 cm³/mol. The van der Waals surface area contributed by atoms with E-state index in [1.807, 2.05) is 0 Å². The van der Waals surface area contributed by atoms with Gasteiger partial charge in [-0.15, -0.1) is 0 Å². The van der Waals surface area contributed by atoms with E-state index >= 15 is 0 Å². The molecule has 3 aromatic carbocycles. The van der Waals surface area contributed by atoms with Crippen molar-refractivity contribution in [3.8, 4) is 11.4 Å². The molecule has 0 saturated heterocycles. The molecule has 5 aromatic rings. The Morgan fingerprint density at radius 3 is 2.32 bits per heavy atom. The molecule has 138 valence electrons. The number of fused-ring (bicyclic) bond motifs is 6. The highest BCUT2D eigenvalue weighted by Crippen LogP contribution is 2.41. The number of aromatic nitrogens is 3. The summed E-state index contributed by atoms with van der Waals surface area (Å²) in [5.41, 5.74) is 1.67. The number of pyridine rings is 1. The largest absolute Gasteiger partial charge is 0.337 e. The number of benzene rings is 3. The Balaban J connectivity index is 2.05. The Morgan fingerprint density at radius 1 is 0.821 bits per heavy atom. The summed E-state index contributed by atoms with van der Waals surface area (Å²) in [4.78, 5) is 23.4. The topological polar surface area (TPSA) is 61.5 Å². The maximum Gasteiger partial charge on any atom is 0.256 e. The highest BCUT2D eigenvalue weighted by Gasteiger charge is 2.20. The van der Waals surface area contributed by atoms with Gasteiger partial charge in [0.25, 0.3) is 5.56 Å². The first-order valence-corrected chi connectivity index (χ1v) is 9.73. The van der Waals surface area contributed by atoms with Gasteiger partial charge < -0.3 is 9.97 Å². The minimum Gasteiger partial charge on any atom is -0.337 e. The Bertz CT molecular complexity index is 1470. The summed E-state index contributed by atoms with van der Waals surface area (Å²) in [5.74, 6) is 0.505. The Kier molecular flexibility index (Phi) is 4.07. The molecule has 2 heterocycles. The molecule has 5 rings (SSSR count). The maximum atomic E-state index is 12.7. The van der Waals surface area contributed by atoms with Crippen LogP contribution < -0.4 is 5.56 Å². The minimum absolute atomic E-state index is 0.263. The zero-order valence-electron chi connectivity index (χ0n) is 13.9. The third kappa shape index (κ3) is 2.46. The van der Waals surface area contributed by atoms with Gasteiger partial charge in [-0.25, -0.2) is 4.98 Å². The summed E-state index contributed by atoms with van der Waals surface area (Å²) in [6.07, 6.45) is 1.58. The molecule has 0 aliphatic carbocycles. The van der Waals surface area contributed by atoms with Gasteiger partial charge in [0.05, 0.1) is 42.1 Å². The van der Waals surface area contributed by atoms with Gasteiger partial charge in [-0.05, 0) is 24.3 Å². The van der Waals surface area contributed by atoms with Crippen LogP contribution in [0.15, 0.2) is 47.4 Å². The van der Waals surface area contributed by atoms with Gasteiger partial charge in [0.2, 0.25) is 0 Å². The normalized spacial score (nSPS) is 11.7. The molecular formula is C20H9Cl4N3O. The van der Waals surface area contributed by atoms with Gasteiger partial charge in [-0.2, -0.15) is 0 Å². The van der Waals surface area contributed by atoms with E-state index in [-0.39, 0.29) is 5.56 Å². The lowest BCUT2D eigenvalue weighted by atomic mass is 10.0. The van der Waals surface area contributed by atoms with Gasteiger partial charge in [-0.1, -0.05) is 58.5 Å². The number of nitrogens with one attached hydrogen (secondary N) is 2. The summed E-state index contributed by atoms with van der Waals surface area (Å²) < 4.78 is 0. The molecular weight excluding hydrogens is 440 g/mol. The highest BCUT2D eigenvalue weighted by molar-refractivity contribution is 6.47. The van der Waals surface area contributed by atoms with Crippen LogP contribution in [-0.2, 0) is 0 Å². The number of hydrogen-bond acceptors (Lipinski definition) is 2. The molecule has 2 aromatic heterocycles. The summed E-state index contributed by atoms with van der Waals surface area (Å²) in [5, 5.41) is 4.00. The molecule has 0 bridgehead atoms. The second-order valence-corrected chi connectivity index (χ2v) is 7.88. The molecule has 8 heteroatoms. The highest BCUT2D eigenvalue weighted by atomic mass is 35.5. The summed E-state index contributed by atoms with van der Waals surface area (Å²) in [6, 6.07) is 10.5. The van der Waals surface area contributed by atoms with E-state index in [9.17, 15) is 4.79 Å². The van der Waals surface area contributed by atoms with Crippen molar-refractivity contribution in [1.82, 2.24) is 15.0 Å². The smallest absolute Gasteiger partial charge is 0.256 e. The van der Waals surface area contributed by atoms with Gasteiger partial charge in [0.1, 0.15) is 5.82 Å². The molecule has 4 nitrogen and oxygen atoms in total. The fourth-order valence-electron chi connectivity index (χ4n) is 3.53. The summed E-state index contributed by atoms with van der Waals surface area (Å²) in [6.45, 7) is 0. The van der Waals surface area contributed by atoms with Crippen molar-refractivity contribution in [2.24, 2.45) is 0 Å². The third-order valence-electron chi connectivity index (χ3n) is 4.73. The van der Waals surface area contributed by atoms with Gasteiger partial charge >= 0.3 is 0 Å². The van der Waals surface area contributed by atoms with Crippen molar-refractivity contribution < 1.29 is 0 Å². The van der Waals surface area contributed by atoms with Gasteiger partial charge in [-0.3, -0.25) is 4.79 Å². The number of halogens is 4. The number of hydrogen-bond donors (Lipinski definition) is 2. The summed E-state index contributed by atoms with van der Waals surface area (Å²) in [7, 11) is 0. The first-order valence-electron chi connectivity index (χ1n) is 8.22.